The second-order valence-corrected chi connectivity index (χ2v) is 11.1. The first-order valence-electron chi connectivity index (χ1n) is 11.3. The van der Waals surface area contributed by atoms with Gasteiger partial charge in [-0.15, -0.1) is 0 Å². The lowest BCUT2D eigenvalue weighted by Crippen LogP contribution is -2.53. The fourth-order valence-electron chi connectivity index (χ4n) is 4.83. The van der Waals surface area contributed by atoms with Crippen molar-refractivity contribution in [3.63, 3.8) is 0 Å². The number of nitro groups is 1. The zero-order valence-electron chi connectivity index (χ0n) is 19.2. The number of benzene rings is 1. The Morgan fingerprint density at radius 1 is 1.18 bits per heavy atom. The topological polar surface area (TPSA) is 142 Å². The van der Waals surface area contributed by atoms with Crippen LogP contribution in [-0.2, 0) is 14.8 Å². The van der Waals surface area contributed by atoms with E-state index in [4.69, 9.17) is 4.74 Å². The van der Waals surface area contributed by atoms with Gasteiger partial charge in [-0.3, -0.25) is 19.8 Å². The van der Waals surface area contributed by atoms with E-state index in [0.29, 0.717) is 31.8 Å². The van der Waals surface area contributed by atoms with Crippen LogP contribution in [0.5, 0.6) is 5.75 Å². The Bertz CT molecular complexity index is 1090. The molecule has 1 aromatic carbocycles. The van der Waals surface area contributed by atoms with Crippen LogP contribution in [0.1, 0.15) is 32.6 Å². The predicted molar refractivity (Wildman–Crippen MR) is 121 cm³/mol. The van der Waals surface area contributed by atoms with Gasteiger partial charge in [0.05, 0.1) is 23.6 Å². The van der Waals surface area contributed by atoms with Crippen LogP contribution < -0.4 is 10.1 Å². The summed E-state index contributed by atoms with van der Waals surface area (Å²) in [5, 5.41) is 14.2. The number of urea groups is 1. The van der Waals surface area contributed by atoms with Gasteiger partial charge in [0.25, 0.3) is 5.91 Å². The van der Waals surface area contributed by atoms with Crippen LogP contribution in [0.15, 0.2) is 23.1 Å². The van der Waals surface area contributed by atoms with Crippen molar-refractivity contribution in [2.45, 2.75) is 43.0 Å². The number of sulfonamides is 1. The molecule has 1 aliphatic carbocycles. The third-order valence-corrected chi connectivity index (χ3v) is 8.93. The molecule has 2 heterocycles. The molecule has 2 saturated heterocycles. The highest BCUT2D eigenvalue weighted by Gasteiger charge is 2.52. The Labute approximate surface area is 198 Å². The average Bonchev–Trinajstić information content (AvgIpc) is 3.05. The number of imide groups is 1. The summed E-state index contributed by atoms with van der Waals surface area (Å²) >= 11 is 0. The molecule has 3 fully saturated rings. The quantitative estimate of drug-likeness (QED) is 0.354. The van der Waals surface area contributed by atoms with Crippen LogP contribution in [0.25, 0.3) is 0 Å². The van der Waals surface area contributed by atoms with E-state index in [1.54, 1.807) is 0 Å². The summed E-state index contributed by atoms with van der Waals surface area (Å²) in [7, 11) is -2.68. The lowest BCUT2D eigenvalue weighted by Gasteiger charge is -2.36. The summed E-state index contributed by atoms with van der Waals surface area (Å²) in [6.45, 7) is 3.15. The minimum atomic E-state index is -3.96. The smallest absolute Gasteiger partial charge is 0.326 e. The lowest BCUT2D eigenvalue weighted by molar-refractivity contribution is -0.386. The number of nitrogens with zero attached hydrogens (tertiary/aromatic N) is 4. The van der Waals surface area contributed by atoms with Gasteiger partial charge in [0.15, 0.2) is 5.75 Å². The normalized spacial score (nSPS) is 26.6. The maximum Gasteiger partial charge on any atom is 0.326 e. The van der Waals surface area contributed by atoms with Crippen molar-refractivity contribution in [1.29, 1.82) is 0 Å². The van der Waals surface area contributed by atoms with Crippen LogP contribution >= 0.6 is 0 Å². The van der Waals surface area contributed by atoms with E-state index in [2.05, 4.69) is 12.2 Å². The molecule has 3 amide bonds. The molecule has 0 unspecified atom stereocenters. The van der Waals surface area contributed by atoms with Gasteiger partial charge in [0.1, 0.15) is 5.54 Å². The summed E-state index contributed by atoms with van der Waals surface area (Å²) in [6, 6.07) is 3.14. The summed E-state index contributed by atoms with van der Waals surface area (Å²) in [4.78, 5) is 39.1. The van der Waals surface area contributed by atoms with E-state index in [1.807, 2.05) is 4.90 Å². The second-order valence-electron chi connectivity index (χ2n) is 9.18. The lowest BCUT2D eigenvalue weighted by atomic mass is 9.77. The molecule has 12 nitrogen and oxygen atoms in total. The van der Waals surface area contributed by atoms with Crippen LogP contribution in [0, 0.1) is 16.0 Å². The van der Waals surface area contributed by atoms with Gasteiger partial charge in [-0.05, 0) is 43.7 Å². The number of hydrogen-bond donors (Lipinski definition) is 1. The fourth-order valence-corrected chi connectivity index (χ4v) is 6.27. The van der Waals surface area contributed by atoms with Crippen LogP contribution in [0.4, 0.5) is 10.5 Å². The van der Waals surface area contributed by atoms with Crippen molar-refractivity contribution in [3.8, 4) is 5.75 Å². The molecule has 1 spiro atoms. The molecule has 186 valence electrons. The number of hydrogen-bond acceptors (Lipinski definition) is 8. The second kappa shape index (κ2) is 9.12. The fraction of sp³-hybridized carbons (Fsp3) is 0.619. The Balaban J connectivity index is 1.40. The van der Waals surface area contributed by atoms with E-state index >= 15 is 0 Å². The molecular weight excluding hydrogens is 466 g/mol. The van der Waals surface area contributed by atoms with Gasteiger partial charge in [-0.25, -0.2) is 18.1 Å². The van der Waals surface area contributed by atoms with Crippen molar-refractivity contribution in [1.82, 2.24) is 19.4 Å². The highest BCUT2D eigenvalue weighted by atomic mass is 32.2. The van der Waals surface area contributed by atoms with Crippen molar-refractivity contribution in [3.05, 3.63) is 28.3 Å². The highest BCUT2D eigenvalue weighted by molar-refractivity contribution is 7.89. The van der Waals surface area contributed by atoms with Gasteiger partial charge in [0, 0.05) is 32.2 Å². The van der Waals surface area contributed by atoms with E-state index < -0.39 is 32.2 Å². The largest absolute Gasteiger partial charge is 0.490 e. The molecule has 34 heavy (non-hydrogen) atoms. The Morgan fingerprint density at radius 3 is 2.41 bits per heavy atom. The molecule has 4 rings (SSSR count). The predicted octanol–water partition coefficient (Wildman–Crippen LogP) is 1.37. The number of ether oxygens (including phenoxy) is 1. The summed E-state index contributed by atoms with van der Waals surface area (Å²) < 4.78 is 32.3. The molecular formula is C21H29N5O7S. The Kier molecular flexibility index (Phi) is 6.53. The van der Waals surface area contributed by atoms with Crippen LogP contribution in [0.2, 0.25) is 0 Å². The summed E-state index contributed by atoms with van der Waals surface area (Å²) in [5.41, 5.74) is -1.23. The van der Waals surface area contributed by atoms with E-state index in [-0.39, 0.29) is 36.3 Å². The SMILES string of the molecule is COc1ccc(S(=O)(=O)N2CCN(CN3C(=O)NC4(CCC(C)CC4)C3=O)CC2)cc1[N+](=O)[O-]. The van der Waals surface area contributed by atoms with Crippen molar-refractivity contribution in [2.24, 2.45) is 5.92 Å². The highest BCUT2D eigenvalue weighted by Crippen LogP contribution is 2.36. The molecule has 13 heteroatoms. The van der Waals surface area contributed by atoms with Gasteiger partial charge in [0.2, 0.25) is 10.0 Å². The van der Waals surface area contributed by atoms with E-state index in [1.165, 1.54) is 28.4 Å². The number of rotatable bonds is 6. The number of amides is 3. The van der Waals surface area contributed by atoms with Crippen molar-refractivity contribution >= 4 is 27.6 Å². The Morgan fingerprint density at radius 2 is 1.82 bits per heavy atom. The maximum absolute atomic E-state index is 13.1. The van der Waals surface area contributed by atoms with Gasteiger partial charge < -0.3 is 10.1 Å². The zero-order valence-corrected chi connectivity index (χ0v) is 20.0. The maximum atomic E-state index is 13.1. The van der Waals surface area contributed by atoms with E-state index in [9.17, 15) is 28.1 Å². The molecule has 0 aromatic heterocycles. The monoisotopic (exact) mass is 495 g/mol. The zero-order chi connectivity index (χ0) is 24.7. The number of piperazine rings is 1. The molecule has 1 aromatic rings. The number of nitro benzene ring substituents is 1. The first-order chi connectivity index (χ1) is 16.1. The third-order valence-electron chi connectivity index (χ3n) is 7.03. The third kappa shape index (κ3) is 4.34. The first kappa shape index (κ1) is 24.4. The number of carbonyl (C=O) groups excluding carboxylic acids is 2. The number of nitrogens with one attached hydrogen (secondary N) is 1. The minimum Gasteiger partial charge on any atom is -0.490 e. The van der Waals surface area contributed by atoms with E-state index in [0.717, 1.165) is 18.9 Å². The summed E-state index contributed by atoms with van der Waals surface area (Å²) in [6.07, 6.45) is 3.05. The molecule has 0 radical (unpaired) electrons. The van der Waals surface area contributed by atoms with Gasteiger partial charge in [-0.1, -0.05) is 6.92 Å². The van der Waals surface area contributed by atoms with Crippen molar-refractivity contribution in [2.75, 3.05) is 40.0 Å². The molecule has 1 saturated carbocycles. The standard InChI is InChI=1S/C21H29N5O7S/c1-15-5-7-21(8-6-15)19(27)25(20(28)22-21)14-23-9-11-24(12-10-23)34(31,32)16-3-4-18(33-2)17(13-16)26(29)30/h3-4,13,15H,5-12,14H2,1-2H3,(H,22,28). The van der Waals surface area contributed by atoms with Crippen LogP contribution in [-0.4, -0.2) is 84.9 Å². The molecule has 0 bridgehead atoms. The number of methoxy groups -OCH3 is 1. The average molecular weight is 496 g/mol. The molecule has 2 aliphatic heterocycles. The Hall–Kier alpha value is -2.77. The van der Waals surface area contributed by atoms with Crippen LogP contribution in [0.3, 0.4) is 0 Å². The molecule has 3 aliphatic rings. The van der Waals surface area contributed by atoms with Crippen molar-refractivity contribution < 1.29 is 27.7 Å². The molecule has 1 N–H and O–H groups in total. The first-order valence-corrected chi connectivity index (χ1v) is 12.7. The molecule has 0 atom stereocenters. The van der Waals surface area contributed by atoms with Gasteiger partial charge >= 0.3 is 11.7 Å². The van der Waals surface area contributed by atoms with Gasteiger partial charge in [-0.2, -0.15) is 4.31 Å². The minimum absolute atomic E-state index is 0.0208. The number of carbonyl (C=O) groups is 2. The summed E-state index contributed by atoms with van der Waals surface area (Å²) in [5.74, 6) is 0.309.